The second kappa shape index (κ2) is 36.3. The van der Waals surface area contributed by atoms with Gasteiger partial charge in [-0.05, 0) is 164 Å². The lowest BCUT2D eigenvalue weighted by atomic mass is 9.75. The smallest absolute Gasteiger partial charge is 0.463 e. The van der Waals surface area contributed by atoms with E-state index in [4.69, 9.17) is 57.1 Å². The molecule has 133 heavy (non-hydrogen) atoms. The van der Waals surface area contributed by atoms with Gasteiger partial charge in [-0.25, -0.2) is 0 Å². The van der Waals surface area contributed by atoms with Gasteiger partial charge in [0.2, 0.25) is 0 Å². The highest BCUT2D eigenvalue weighted by molar-refractivity contribution is 7.42. The molecule has 0 bridgehead atoms. The summed E-state index contributed by atoms with van der Waals surface area (Å²) in [7, 11) is -14.9. The van der Waals surface area contributed by atoms with Crippen molar-refractivity contribution < 1.29 is 57.1 Å². The molecule has 15 rings (SSSR count). The van der Waals surface area contributed by atoms with Crippen molar-refractivity contribution in [2.45, 2.75) is 295 Å². The summed E-state index contributed by atoms with van der Waals surface area (Å²) in [5.41, 5.74) is 16.9. The summed E-state index contributed by atoms with van der Waals surface area (Å²) < 4.78 is 90.9. The summed E-state index contributed by atoms with van der Waals surface area (Å²) in [6, 6.07) is 66.4. The number of benzene rings is 11. The van der Waals surface area contributed by atoms with Crippen LogP contribution in [0, 0.1) is 0 Å². The molecule has 0 radical (unpaired) electrons. The minimum absolute atomic E-state index is 0.0994. The zero-order chi connectivity index (χ0) is 97.3. The quantitative estimate of drug-likeness (QED) is 0.0710. The van der Waals surface area contributed by atoms with E-state index in [0.29, 0.717) is 51.9 Å². The lowest BCUT2D eigenvalue weighted by Gasteiger charge is -2.32. The van der Waals surface area contributed by atoms with Gasteiger partial charge in [-0.15, -0.1) is 0 Å². The normalized spacial score (nSPS) is 14.1. The Hall–Kier alpha value is -8.82. The molecule has 3 aromatic heterocycles. The maximum absolute atomic E-state index is 7.83. The Morgan fingerprint density at radius 3 is 0.857 bits per heavy atom. The maximum atomic E-state index is 7.83. The Morgan fingerprint density at radius 1 is 0.271 bits per heavy atom. The predicted molar refractivity (Wildman–Crippen MR) is 578 cm³/mol. The highest BCUT2D eigenvalue weighted by Gasteiger charge is 2.41. The first-order valence-electron chi connectivity index (χ1n) is 46.9. The number of ether oxygens (including phenoxy) is 1. The van der Waals surface area contributed by atoms with Gasteiger partial charge in [0.15, 0.2) is 11.5 Å². The SMILES string of the molecule is CC(C)(C)c1cc(-c2cc(C(C)(C)C)cc(C(C)(C)C)c2Op2oc3ccccc3c3ccccc3o2)c(Op2oc3ccccc3c3ccccc3o2)c(C(C)(C)C)c1.COc1cccc2c1OP(Oc1c(-c3cc(C(C)(C)C)cc([Si](C)(C)C)c3Op3oc4c([Si](C)(C)C)cc(C(C)(C)C)cc4c4cc(C(C)(C)C)cc([Si](C)(C)C)c4o3)cc(C(C)(C)C)cc1[Si](C)(C)C)OC2. The van der Waals surface area contributed by atoms with Gasteiger partial charge in [-0.3, -0.25) is 4.52 Å². The second-order valence-corrected chi connectivity index (χ2v) is 72.7. The largest absolute Gasteiger partial charge is 0.493 e. The fraction of sp³-hybridized carbons (Fsp3) is 0.411. The van der Waals surface area contributed by atoms with Gasteiger partial charge in [0, 0.05) is 71.3 Å². The maximum Gasteiger partial charge on any atom is 0.463 e. The molecule has 1 aliphatic heterocycles. The highest BCUT2D eigenvalue weighted by Crippen LogP contribution is 2.58. The summed E-state index contributed by atoms with van der Waals surface area (Å²) >= 11 is 0. The summed E-state index contributed by atoms with van der Waals surface area (Å²) in [5, 5.41) is 10.9. The molecule has 21 heteroatoms. The molecule has 0 saturated heterocycles. The van der Waals surface area contributed by atoms with Crippen molar-refractivity contribution in [3.63, 3.8) is 0 Å². The van der Waals surface area contributed by atoms with E-state index in [2.05, 4.69) is 342 Å². The molecule has 0 fully saturated rings. The van der Waals surface area contributed by atoms with E-state index in [1.165, 1.54) is 54.1 Å². The number of hydrogen-bond donors (Lipinski definition) is 0. The van der Waals surface area contributed by atoms with Gasteiger partial charge in [0.05, 0.1) is 46.0 Å². The monoisotopic (exact) mass is 1930 g/mol. The van der Waals surface area contributed by atoms with Crippen molar-refractivity contribution in [3.8, 4) is 56.8 Å². The number of para-hydroxylation sites is 5. The molecule has 14 aromatic rings. The van der Waals surface area contributed by atoms with Crippen molar-refractivity contribution in [1.29, 1.82) is 0 Å². The van der Waals surface area contributed by atoms with E-state index in [0.717, 1.165) is 93.9 Å². The van der Waals surface area contributed by atoms with Crippen molar-refractivity contribution >= 4 is 152 Å². The standard InChI is InChI=1S/C60H88O7P2Si4.C52H56O6P2/c1-57(2,3)39-29-43(53(48(33-39)70(14,15)16)64-68-62-37-38-27-26-28-47(61-13)52(38)63-68)44-30-40(58(4,5)6)34-49(71(17,18)19)54(44)65-69-66-55-45(31-41(59(7,8)9)35-50(55)72(20,21)22)46-32-42(60(10,11)12)36-51(56(46)67-69)73(23,24)25;1-49(2,3)33-29-39(47(41(31-33)51(7,8)9)57-59-53-43-25-17-13-21-35(43)36-22-14-18-26-44(36)54-59)40-30-34(50(4,5)6)32-42(52(10,11)12)48(40)58-60-55-45-27-19-15-23-37(45)38-24-16-20-28-46(38)56-60/h26-36H,37H2,1-25H3;13-32H,1-12H3. The van der Waals surface area contributed by atoms with Crippen LogP contribution in [0.25, 0.3) is 88.1 Å². The van der Waals surface area contributed by atoms with Gasteiger partial charge < -0.3 is 52.5 Å². The van der Waals surface area contributed by atoms with Crippen LogP contribution in [0.2, 0.25) is 78.6 Å². The fourth-order valence-corrected chi connectivity index (χ4v) is 27.3. The molecular weight excluding hydrogens is 1790 g/mol. The lowest BCUT2D eigenvalue weighted by Crippen LogP contribution is -2.40. The average molecular weight is 1930 g/mol. The van der Waals surface area contributed by atoms with Gasteiger partial charge >= 0.3 is 33.3 Å². The van der Waals surface area contributed by atoms with E-state index in [-0.39, 0.29) is 43.3 Å². The van der Waals surface area contributed by atoms with Crippen LogP contribution in [-0.4, -0.2) is 39.4 Å². The molecule has 0 amide bonds. The van der Waals surface area contributed by atoms with Crippen LogP contribution in [0.4, 0.5) is 0 Å². The minimum Gasteiger partial charge on any atom is -0.493 e. The average Bonchev–Trinajstić information content (AvgIpc) is 1.61. The van der Waals surface area contributed by atoms with Gasteiger partial charge in [-0.1, -0.05) is 366 Å². The molecule has 1 aliphatic rings. The Morgan fingerprint density at radius 2 is 0.549 bits per heavy atom. The molecule has 4 heterocycles. The van der Waals surface area contributed by atoms with Gasteiger partial charge in [-0.2, -0.15) is 0 Å². The molecule has 0 spiro atoms. The molecular formula is C112H144O13P4Si4. The number of fused-ring (bicyclic) bond motifs is 10. The zero-order valence-electron chi connectivity index (χ0n) is 86.2. The van der Waals surface area contributed by atoms with Crippen molar-refractivity contribution in [1.82, 2.24) is 0 Å². The zero-order valence-corrected chi connectivity index (χ0v) is 93.8. The third kappa shape index (κ3) is 21.8. The summed E-state index contributed by atoms with van der Waals surface area (Å²) in [5.74, 6) is 4.24. The number of methoxy groups -OCH3 is 1. The van der Waals surface area contributed by atoms with Gasteiger partial charge in [0.1, 0.15) is 56.5 Å². The van der Waals surface area contributed by atoms with Crippen LogP contribution < -0.4 is 48.1 Å². The summed E-state index contributed by atoms with van der Waals surface area (Å²) in [4.78, 5) is 0. The predicted octanol–water partition coefficient (Wildman–Crippen LogP) is 34.8. The van der Waals surface area contributed by atoms with Gasteiger partial charge in [0.25, 0.3) is 0 Å². The van der Waals surface area contributed by atoms with Crippen molar-refractivity contribution in [2.75, 3.05) is 7.11 Å². The second-order valence-electron chi connectivity index (χ2n) is 48.5. The van der Waals surface area contributed by atoms with Crippen LogP contribution in [0.1, 0.15) is 216 Å². The molecule has 13 nitrogen and oxygen atoms in total. The highest BCUT2D eigenvalue weighted by atomic mass is 31.2. The van der Waals surface area contributed by atoms with Crippen LogP contribution in [0.15, 0.2) is 213 Å². The fourth-order valence-electron chi connectivity index (χ4n) is 16.7. The molecule has 0 N–H and O–H groups in total. The Labute approximate surface area is 800 Å². The number of rotatable bonds is 15. The molecule has 1 unspecified atom stereocenters. The Balaban J connectivity index is 0.000000217. The van der Waals surface area contributed by atoms with Crippen LogP contribution in [0.5, 0.6) is 34.5 Å². The van der Waals surface area contributed by atoms with Crippen LogP contribution in [-0.2, 0) is 54.5 Å². The van der Waals surface area contributed by atoms with Crippen molar-refractivity contribution in [3.05, 3.63) is 238 Å². The molecule has 0 saturated carbocycles. The number of hydrogen-bond acceptors (Lipinski definition) is 13. The first kappa shape index (κ1) is 100. The third-order valence-electron chi connectivity index (χ3n) is 25.0. The Bertz CT molecular complexity index is 6510. The molecule has 706 valence electrons. The third-order valence-corrected chi connectivity index (χ3v) is 37.0. The van der Waals surface area contributed by atoms with E-state index in [1.54, 1.807) is 7.11 Å². The molecule has 11 aromatic carbocycles. The first-order valence-corrected chi connectivity index (χ1v) is 65.3. The first-order chi connectivity index (χ1) is 61.4. The van der Waals surface area contributed by atoms with E-state index < -0.39 is 65.6 Å². The van der Waals surface area contributed by atoms with E-state index >= 15 is 0 Å². The molecule has 1 atom stereocenters. The molecule has 0 aliphatic carbocycles. The lowest BCUT2D eigenvalue weighted by molar-refractivity contribution is 0.228. The Kier molecular flexibility index (Phi) is 27.3. The van der Waals surface area contributed by atoms with Crippen molar-refractivity contribution in [2.24, 2.45) is 0 Å². The minimum atomic E-state index is -2.25. The summed E-state index contributed by atoms with van der Waals surface area (Å²) in [6.45, 7) is 83.9. The summed E-state index contributed by atoms with van der Waals surface area (Å²) in [6.07, 6.45) is 0. The van der Waals surface area contributed by atoms with Crippen LogP contribution in [0.3, 0.4) is 0 Å². The van der Waals surface area contributed by atoms with E-state index in [9.17, 15) is 0 Å². The van der Waals surface area contributed by atoms with E-state index in [1.807, 2.05) is 91.0 Å². The topological polar surface area (TPSA) is 143 Å². The van der Waals surface area contributed by atoms with Crippen LogP contribution >= 0.6 is 33.3 Å².